The number of nitrogens with one attached hydrogen (secondary N) is 1. The summed E-state index contributed by atoms with van der Waals surface area (Å²) in [4.78, 5) is 72.4. The molecule has 0 radical (unpaired) electrons. The third-order valence-corrected chi connectivity index (χ3v) is 14.3. The zero-order valence-electron chi connectivity index (χ0n) is 40.4. The van der Waals surface area contributed by atoms with E-state index in [4.69, 9.17) is 28.5 Å². The summed E-state index contributed by atoms with van der Waals surface area (Å²) >= 11 is 1.26. The minimum absolute atomic E-state index is 0.0245. The minimum Gasteiger partial charge on any atom is -0.457 e. The van der Waals surface area contributed by atoms with E-state index in [1.807, 2.05) is 18.7 Å². The van der Waals surface area contributed by atoms with Gasteiger partial charge in [0.25, 0.3) is 13.2 Å². The summed E-state index contributed by atoms with van der Waals surface area (Å²) in [6.45, 7) is 14.3. The number of cyclic esters (lactones) is 1. The van der Waals surface area contributed by atoms with E-state index in [1.54, 1.807) is 65.5 Å². The first-order valence-corrected chi connectivity index (χ1v) is 25.6. The van der Waals surface area contributed by atoms with Crippen LogP contribution >= 0.6 is 18.9 Å². The van der Waals surface area contributed by atoms with E-state index in [9.17, 15) is 34.1 Å². The molecule has 2 aromatic heterocycles. The molecule has 3 aliphatic rings. The number of thiazole rings is 1. The molecule has 0 aromatic carbocycles. The Morgan fingerprint density at radius 1 is 1.12 bits per heavy atom. The summed E-state index contributed by atoms with van der Waals surface area (Å²) in [5, 5.41) is 33.3. The highest BCUT2D eigenvalue weighted by molar-refractivity contribution is 7.58. The van der Waals surface area contributed by atoms with Gasteiger partial charge in [-0.3, -0.25) is 24.2 Å². The highest BCUT2D eigenvalue weighted by Gasteiger charge is 2.56. The molecule has 19 nitrogen and oxygen atoms in total. The molecule has 4 N–H and O–H groups in total. The number of carbonyl (C=O) groups excluding carboxylic acids is 3. The normalized spacial score (nSPS) is 37.0. The number of anilines is 1. The van der Waals surface area contributed by atoms with Crippen LogP contribution in [0.2, 0.25) is 0 Å². The van der Waals surface area contributed by atoms with Crippen LogP contribution in [-0.2, 0) is 54.1 Å². The fourth-order valence-corrected chi connectivity index (χ4v) is 10.5. The van der Waals surface area contributed by atoms with Crippen molar-refractivity contribution in [2.75, 3.05) is 39.1 Å². The molecular weight excluding hydrogens is 915 g/mol. The van der Waals surface area contributed by atoms with Crippen molar-refractivity contribution >= 4 is 53.8 Å². The monoisotopic (exact) mass is 982 g/mol. The van der Waals surface area contributed by atoms with E-state index in [2.05, 4.69) is 25.2 Å². The first kappa shape index (κ1) is 54.3. The quantitative estimate of drug-likeness (QED) is 0.0959. The average Bonchev–Trinajstić information content (AvgIpc) is 3.71. The number of esters is 1. The Labute approximate surface area is 395 Å². The maximum atomic E-state index is 17.0. The number of oxime groups is 1. The molecule has 3 aliphatic heterocycles. The number of halogens is 1. The number of amides is 1. The number of ketones is 1. The molecule has 2 bridgehead atoms. The van der Waals surface area contributed by atoms with Crippen molar-refractivity contribution in [1.29, 1.82) is 0 Å². The number of fused-ring (bicyclic) bond motifs is 5. The van der Waals surface area contributed by atoms with Crippen molar-refractivity contribution in [1.82, 2.24) is 14.9 Å². The van der Waals surface area contributed by atoms with Crippen molar-refractivity contribution in [2.45, 2.75) is 154 Å². The molecule has 5 rings (SSSR count). The van der Waals surface area contributed by atoms with E-state index in [1.165, 1.54) is 31.8 Å². The molecule has 3 fully saturated rings. The Morgan fingerprint density at radius 3 is 2.43 bits per heavy atom. The van der Waals surface area contributed by atoms with Crippen molar-refractivity contribution < 1.29 is 67.0 Å². The number of ether oxygens (including phenoxy) is 5. The van der Waals surface area contributed by atoms with Gasteiger partial charge in [0.05, 0.1) is 42.8 Å². The second-order valence-electron chi connectivity index (χ2n) is 18.8. The molecule has 374 valence electrons. The summed E-state index contributed by atoms with van der Waals surface area (Å²) in [6, 6.07) is 3.03. The van der Waals surface area contributed by atoms with E-state index >= 15 is 4.39 Å². The smallest absolute Gasteiger partial charge is 0.351 e. The van der Waals surface area contributed by atoms with Crippen LogP contribution in [0.3, 0.4) is 0 Å². The molecule has 0 aliphatic carbocycles. The fraction of sp³-hybridized carbons (Fsp3) is 0.711. The topological polar surface area (TPSA) is 250 Å². The van der Waals surface area contributed by atoms with E-state index < -0.39 is 103 Å². The number of Topliss-reactive ketones (excluding diaryl/α,β-unsaturated/α-hetero) is 1. The number of rotatable bonds is 11. The first-order valence-electron chi connectivity index (χ1n) is 22.6. The van der Waals surface area contributed by atoms with Crippen molar-refractivity contribution in [3.8, 4) is 10.6 Å². The Balaban J connectivity index is 1.62. The number of aliphatic hydroxyl groups excluding tert-OH is 1. The molecule has 0 saturated carbocycles. The number of hydrogen-bond acceptors (Lipinski definition) is 17. The van der Waals surface area contributed by atoms with Gasteiger partial charge in [0.1, 0.15) is 34.3 Å². The van der Waals surface area contributed by atoms with Gasteiger partial charge in [-0.1, -0.05) is 39.8 Å². The maximum Gasteiger partial charge on any atom is 0.351 e. The summed E-state index contributed by atoms with van der Waals surface area (Å²) in [5.41, 5.74) is -5.34. The zero-order chi connectivity index (χ0) is 49.8. The highest BCUT2D eigenvalue weighted by Crippen LogP contribution is 2.42. The van der Waals surface area contributed by atoms with Crippen molar-refractivity contribution in [2.24, 2.45) is 27.9 Å². The Bertz CT molecular complexity index is 2170. The lowest BCUT2D eigenvalue weighted by Crippen LogP contribution is -2.61. The minimum atomic E-state index is -3.55. The van der Waals surface area contributed by atoms with Crippen LogP contribution in [0.25, 0.3) is 10.6 Å². The number of nitrogens with zero attached hydrogens (tertiary/aromatic N) is 5. The van der Waals surface area contributed by atoms with Gasteiger partial charge in [-0.15, -0.1) is 11.3 Å². The lowest BCUT2D eigenvalue weighted by Gasteiger charge is -2.47. The summed E-state index contributed by atoms with van der Waals surface area (Å²) in [5.74, 6) is -5.91. The second kappa shape index (κ2) is 22.0. The molecule has 0 spiro atoms. The predicted molar refractivity (Wildman–Crippen MR) is 249 cm³/mol. The molecular formula is C45H68FN6O13PS. The number of aliphatic imine (C=N–C) groups is 1. The standard InChI is InChI=1S/C45H68FN6O13PS/c1-13-32-45(9,57)39-26(5)35(49-34(53)14-2)24(3)18-43(7,38(27(6)37(55)44(8,46)42(56)64-32)65-41-36(54)31(52(10)11)17-25(4)63-41)61-21-30(20-60-39)50-62-22-29-16-15-28(19-47-29)40-48-33(23-67-40)51-66(12,58)59/h15-16,19,23-27,31-32,36,38-39,41,54,57H,13-14,17-18,20-22H2,1-12H3,(H2,51,58,59)/b49-35+,50-30+/t24-,25-,26+,27+,31+,32-,36-,38-,39-,41+,43-,44+,45-/m1/s1. The second-order valence-corrected chi connectivity index (χ2v) is 21.7. The number of pyridine rings is 1. The van der Waals surface area contributed by atoms with Crippen molar-refractivity contribution in [3.63, 3.8) is 0 Å². The molecule has 5 heterocycles. The van der Waals surface area contributed by atoms with Crippen LogP contribution < -0.4 is 5.09 Å². The molecule has 3 saturated heterocycles. The number of hydrogen-bond donors (Lipinski definition) is 4. The van der Waals surface area contributed by atoms with Crippen LogP contribution in [-0.4, -0.2) is 153 Å². The van der Waals surface area contributed by atoms with Gasteiger partial charge in [-0.2, -0.15) is 0 Å². The van der Waals surface area contributed by atoms with Gasteiger partial charge in [0.15, 0.2) is 18.7 Å². The summed E-state index contributed by atoms with van der Waals surface area (Å²) in [6.07, 6.45) is -5.11. The Morgan fingerprint density at radius 2 is 1.82 bits per heavy atom. The number of carbonyl (C=O) groups is 3. The predicted octanol–water partition coefficient (Wildman–Crippen LogP) is 5.35. The highest BCUT2D eigenvalue weighted by atomic mass is 32.1. The molecule has 1 unspecified atom stereocenters. The lowest BCUT2D eigenvalue weighted by atomic mass is 9.73. The zero-order valence-corrected chi connectivity index (χ0v) is 42.1. The van der Waals surface area contributed by atoms with Gasteiger partial charge in [-0.25, -0.2) is 19.2 Å². The van der Waals surface area contributed by atoms with Gasteiger partial charge in [-0.05, 0) is 79.1 Å². The van der Waals surface area contributed by atoms with E-state index in [0.29, 0.717) is 28.4 Å². The maximum absolute atomic E-state index is 17.0. The average molecular weight is 983 g/mol. The number of aliphatic hydroxyl groups is 2. The van der Waals surface area contributed by atoms with Gasteiger partial charge >= 0.3 is 5.97 Å². The van der Waals surface area contributed by atoms with Crippen LogP contribution in [0.4, 0.5) is 10.2 Å². The SMILES string of the molecule is CCC(=O)/N=C1\[C@H](C)C[C@@]2(C)OC/C(=N/OCc3ccc(-c4nc(NP(C)(=O)O)cs4)cn3)CO[C@H]([C@H]1C)[C@](C)(O)[C@@H](CC)OC(=O)[C@@](C)(F)C(=O)[C@H](C)[C@H]2O[C@@H]1O[C@H](C)C[C@H](N(C)C)[C@H]1O. The third kappa shape index (κ3) is 13.0. The summed E-state index contributed by atoms with van der Waals surface area (Å²) < 4.78 is 60.8. The van der Waals surface area contributed by atoms with Crippen LogP contribution in [0, 0.1) is 17.8 Å². The molecule has 14 atom stereocenters. The Kier molecular flexibility index (Phi) is 17.8. The van der Waals surface area contributed by atoms with Gasteiger partial charge in [0.2, 0.25) is 5.91 Å². The van der Waals surface area contributed by atoms with E-state index in [0.717, 1.165) is 6.92 Å². The van der Waals surface area contributed by atoms with Gasteiger partial charge in [0, 0.05) is 53.8 Å². The number of alkyl halides is 1. The van der Waals surface area contributed by atoms with Crippen LogP contribution in [0.15, 0.2) is 33.9 Å². The lowest BCUT2D eigenvalue weighted by molar-refractivity contribution is -0.296. The van der Waals surface area contributed by atoms with Gasteiger partial charge < -0.3 is 48.5 Å². The number of aromatic nitrogens is 2. The van der Waals surface area contributed by atoms with E-state index in [-0.39, 0.29) is 50.6 Å². The largest absolute Gasteiger partial charge is 0.457 e. The molecule has 1 amide bonds. The van der Waals surface area contributed by atoms with Crippen molar-refractivity contribution in [3.05, 3.63) is 29.4 Å². The first-order chi connectivity index (χ1) is 31.2. The van der Waals surface area contributed by atoms with Crippen LogP contribution in [0.1, 0.15) is 93.7 Å². The molecule has 2 aromatic rings. The number of likely N-dealkylation sites (N-methyl/N-ethyl adjacent to an activating group) is 1. The summed E-state index contributed by atoms with van der Waals surface area (Å²) in [7, 11) is 0.0584. The third-order valence-electron chi connectivity index (χ3n) is 12.7. The van der Waals surface area contributed by atoms with Crippen LogP contribution in [0.5, 0.6) is 0 Å². The molecule has 22 heteroatoms. The fourth-order valence-electron chi connectivity index (χ4n) is 9.15. The molecule has 67 heavy (non-hydrogen) atoms. The Hall–Kier alpha value is -3.63.